The van der Waals surface area contributed by atoms with Crippen molar-refractivity contribution in [3.8, 4) is 0 Å². The number of fused-ring (bicyclic) bond motifs is 13. The maximum Gasteiger partial charge on any atom is 0.137 e. The molecule has 0 aliphatic carbocycles. The smallest absolute Gasteiger partial charge is 0.137 e. The zero-order valence-corrected chi connectivity index (χ0v) is 25.6. The summed E-state index contributed by atoms with van der Waals surface area (Å²) in [5.74, 6) is 0. The van der Waals surface area contributed by atoms with Crippen molar-refractivity contribution in [2.24, 2.45) is 0 Å². The second-order valence-corrected chi connectivity index (χ2v) is 12.5. The van der Waals surface area contributed by atoms with E-state index in [1.165, 1.54) is 21.5 Å². The van der Waals surface area contributed by atoms with Crippen LogP contribution in [0.5, 0.6) is 0 Å². The zero-order chi connectivity index (χ0) is 31.3. The van der Waals surface area contributed by atoms with E-state index in [0.29, 0.717) is 0 Å². The van der Waals surface area contributed by atoms with Crippen molar-refractivity contribution in [1.29, 1.82) is 0 Å². The molecule has 0 N–H and O–H groups in total. The van der Waals surface area contributed by atoms with Gasteiger partial charge in [-0.2, -0.15) is 0 Å². The molecular formula is C44H25NO3. The Balaban J connectivity index is 1.20. The summed E-state index contributed by atoms with van der Waals surface area (Å²) in [6.07, 6.45) is 0. The maximum absolute atomic E-state index is 6.50. The third-order valence-corrected chi connectivity index (χ3v) is 9.82. The summed E-state index contributed by atoms with van der Waals surface area (Å²) in [6, 6.07) is 53.1. The van der Waals surface area contributed by atoms with E-state index >= 15 is 0 Å². The third kappa shape index (κ3) is 3.60. The Kier molecular flexibility index (Phi) is 5.08. The molecule has 11 aromatic rings. The lowest BCUT2D eigenvalue weighted by Gasteiger charge is -2.25. The second kappa shape index (κ2) is 9.50. The van der Waals surface area contributed by atoms with Gasteiger partial charge in [-0.3, -0.25) is 0 Å². The number of furan rings is 3. The average molecular weight is 616 g/mol. The Hall–Kier alpha value is -6.52. The van der Waals surface area contributed by atoms with Crippen molar-refractivity contribution in [3.05, 3.63) is 152 Å². The van der Waals surface area contributed by atoms with Crippen LogP contribution in [-0.4, -0.2) is 0 Å². The first-order valence-corrected chi connectivity index (χ1v) is 16.2. The van der Waals surface area contributed by atoms with Crippen LogP contribution in [0.3, 0.4) is 0 Å². The average Bonchev–Trinajstić information content (AvgIpc) is 3.82. The monoisotopic (exact) mass is 615 g/mol. The van der Waals surface area contributed by atoms with E-state index in [0.717, 1.165) is 82.9 Å². The normalized spacial score (nSPS) is 12.2. The molecule has 8 aromatic carbocycles. The van der Waals surface area contributed by atoms with E-state index in [-0.39, 0.29) is 0 Å². The minimum atomic E-state index is 0.848. The lowest BCUT2D eigenvalue weighted by molar-refractivity contribution is 0.668. The second-order valence-electron chi connectivity index (χ2n) is 12.5. The van der Waals surface area contributed by atoms with Crippen LogP contribution in [0.1, 0.15) is 0 Å². The van der Waals surface area contributed by atoms with Gasteiger partial charge in [-0.15, -0.1) is 0 Å². The first-order chi connectivity index (χ1) is 23.8. The lowest BCUT2D eigenvalue weighted by Crippen LogP contribution is -2.09. The van der Waals surface area contributed by atoms with E-state index in [1.54, 1.807) is 0 Å². The van der Waals surface area contributed by atoms with Crippen LogP contribution in [0.25, 0.3) is 87.4 Å². The molecule has 0 radical (unpaired) electrons. The van der Waals surface area contributed by atoms with Crippen molar-refractivity contribution < 1.29 is 13.3 Å². The summed E-state index contributed by atoms with van der Waals surface area (Å²) in [6.45, 7) is 0. The Morgan fingerprint density at radius 2 is 0.792 bits per heavy atom. The van der Waals surface area contributed by atoms with Gasteiger partial charge in [-0.05, 0) is 82.9 Å². The highest BCUT2D eigenvalue weighted by Crippen LogP contribution is 2.44. The van der Waals surface area contributed by atoms with E-state index in [9.17, 15) is 0 Å². The molecule has 0 saturated carbocycles. The highest BCUT2D eigenvalue weighted by Gasteiger charge is 2.20. The lowest BCUT2D eigenvalue weighted by atomic mass is 9.97. The molecule has 0 fully saturated rings. The number of hydrogen-bond acceptors (Lipinski definition) is 4. The summed E-state index contributed by atoms with van der Waals surface area (Å²) in [7, 11) is 0. The minimum absolute atomic E-state index is 0.848. The molecule has 48 heavy (non-hydrogen) atoms. The van der Waals surface area contributed by atoms with E-state index < -0.39 is 0 Å². The van der Waals surface area contributed by atoms with Crippen LogP contribution in [0.2, 0.25) is 0 Å². The Morgan fingerprint density at radius 3 is 1.60 bits per heavy atom. The van der Waals surface area contributed by atoms with Crippen LogP contribution in [0, 0.1) is 0 Å². The predicted molar refractivity (Wildman–Crippen MR) is 198 cm³/mol. The summed E-state index contributed by atoms with van der Waals surface area (Å²) in [5, 5.41) is 11.4. The van der Waals surface area contributed by atoms with Crippen LogP contribution < -0.4 is 4.90 Å². The minimum Gasteiger partial charge on any atom is -0.456 e. The number of anilines is 3. The van der Waals surface area contributed by atoms with Crippen molar-refractivity contribution in [1.82, 2.24) is 0 Å². The van der Waals surface area contributed by atoms with Crippen LogP contribution >= 0.6 is 0 Å². The maximum atomic E-state index is 6.50. The number of benzene rings is 8. The Morgan fingerprint density at radius 1 is 0.292 bits per heavy atom. The van der Waals surface area contributed by atoms with Gasteiger partial charge in [0.05, 0.1) is 0 Å². The summed E-state index contributed by atoms with van der Waals surface area (Å²) in [4.78, 5) is 2.30. The third-order valence-electron chi connectivity index (χ3n) is 9.82. The van der Waals surface area contributed by atoms with Crippen molar-refractivity contribution in [2.75, 3.05) is 4.90 Å². The molecule has 3 heterocycles. The molecule has 0 saturated heterocycles. The number of rotatable bonds is 3. The Labute approximate surface area is 273 Å². The molecule has 0 spiro atoms. The molecule has 0 aliphatic rings. The molecule has 11 rings (SSSR count). The first kappa shape index (κ1) is 25.6. The van der Waals surface area contributed by atoms with Gasteiger partial charge >= 0.3 is 0 Å². The van der Waals surface area contributed by atoms with Crippen molar-refractivity contribution >= 4 is 104 Å². The van der Waals surface area contributed by atoms with Gasteiger partial charge in [0.1, 0.15) is 33.5 Å². The first-order valence-electron chi connectivity index (χ1n) is 16.2. The molecule has 4 nitrogen and oxygen atoms in total. The van der Waals surface area contributed by atoms with E-state index in [2.05, 4.69) is 132 Å². The van der Waals surface area contributed by atoms with Gasteiger partial charge in [0.25, 0.3) is 0 Å². The van der Waals surface area contributed by atoms with Gasteiger partial charge < -0.3 is 18.2 Å². The van der Waals surface area contributed by atoms with Crippen molar-refractivity contribution in [3.63, 3.8) is 0 Å². The standard InChI is InChI=1S/C44H25NO3/c1-2-8-31-26(7-1)13-14-27-15-20-41-44(43(27)31)36-24-29(18-22-40(36)47-41)45(28-17-21-39-35(23-28)33-10-4-6-12-38(33)46-39)30-16-19-34-32-9-3-5-11-37(32)48-42(34)25-30/h1-25H. The fourth-order valence-corrected chi connectivity index (χ4v) is 7.64. The van der Waals surface area contributed by atoms with Crippen LogP contribution in [-0.2, 0) is 0 Å². The van der Waals surface area contributed by atoms with Gasteiger partial charge in [0.15, 0.2) is 0 Å². The quantitative estimate of drug-likeness (QED) is 0.185. The molecular weight excluding hydrogens is 590 g/mol. The molecule has 0 amide bonds. The number of para-hydroxylation sites is 2. The molecule has 3 aromatic heterocycles. The van der Waals surface area contributed by atoms with E-state index in [4.69, 9.17) is 13.3 Å². The molecule has 0 unspecified atom stereocenters. The largest absolute Gasteiger partial charge is 0.456 e. The highest BCUT2D eigenvalue weighted by atomic mass is 16.3. The highest BCUT2D eigenvalue weighted by molar-refractivity contribution is 6.27. The Bertz CT molecular complexity index is 3090. The van der Waals surface area contributed by atoms with Crippen LogP contribution in [0.4, 0.5) is 17.1 Å². The summed E-state index contributed by atoms with van der Waals surface area (Å²) < 4.78 is 19.1. The zero-order valence-electron chi connectivity index (χ0n) is 25.6. The molecule has 0 bridgehead atoms. The SMILES string of the molecule is c1ccc2c(c1)ccc1ccc3oc4ccc(N(c5ccc6c(c5)oc5ccccc56)c5ccc6oc7ccccc7c6c5)cc4c3c12. The summed E-state index contributed by atoms with van der Waals surface area (Å²) in [5.41, 5.74) is 8.25. The number of hydrogen-bond donors (Lipinski definition) is 0. The van der Waals surface area contributed by atoms with Crippen LogP contribution in [0.15, 0.2) is 165 Å². The van der Waals surface area contributed by atoms with Crippen molar-refractivity contribution in [2.45, 2.75) is 0 Å². The topological polar surface area (TPSA) is 42.7 Å². The van der Waals surface area contributed by atoms with Gasteiger partial charge in [-0.1, -0.05) is 78.9 Å². The fraction of sp³-hybridized carbons (Fsp3) is 0. The molecule has 224 valence electrons. The van der Waals surface area contributed by atoms with Gasteiger partial charge in [0.2, 0.25) is 0 Å². The molecule has 4 heteroatoms. The van der Waals surface area contributed by atoms with E-state index in [1.807, 2.05) is 24.3 Å². The van der Waals surface area contributed by atoms with Gasteiger partial charge in [0, 0.05) is 60.8 Å². The fourth-order valence-electron chi connectivity index (χ4n) is 7.64. The predicted octanol–water partition coefficient (Wildman–Crippen LogP) is 13.2. The summed E-state index contributed by atoms with van der Waals surface area (Å²) >= 11 is 0. The number of nitrogens with zero attached hydrogens (tertiary/aromatic N) is 1. The molecule has 0 atom stereocenters. The van der Waals surface area contributed by atoms with Gasteiger partial charge in [-0.25, -0.2) is 0 Å². The molecule has 0 aliphatic heterocycles.